The molecule has 1 aliphatic rings. The zero-order valence-corrected chi connectivity index (χ0v) is 9.11. The van der Waals surface area contributed by atoms with Gasteiger partial charge in [-0.05, 0) is 18.6 Å². The molecule has 1 aliphatic heterocycles. The Hall–Kier alpha value is -1.77. The fraction of sp³-hybridized carbons (Fsp3) is 0.308. The van der Waals surface area contributed by atoms with E-state index in [2.05, 4.69) is 11.9 Å². The van der Waals surface area contributed by atoms with Crippen LogP contribution >= 0.6 is 0 Å². The van der Waals surface area contributed by atoms with Gasteiger partial charge in [0.2, 0.25) is 0 Å². The molecule has 0 spiro atoms. The summed E-state index contributed by atoms with van der Waals surface area (Å²) >= 11 is 0. The number of hydrogen-bond acceptors (Lipinski definition) is 3. The Morgan fingerprint density at radius 1 is 1.56 bits per heavy atom. The van der Waals surface area contributed by atoms with E-state index < -0.39 is 0 Å². The van der Waals surface area contributed by atoms with Crippen molar-refractivity contribution >= 4 is 11.5 Å². The molecule has 1 N–H and O–H groups in total. The van der Waals surface area contributed by atoms with Crippen molar-refractivity contribution in [2.24, 2.45) is 0 Å². The average Bonchev–Trinajstić information content (AvgIpc) is 2.35. The maximum Gasteiger partial charge on any atom is 0.175 e. The molecule has 1 heterocycles. The summed E-state index contributed by atoms with van der Waals surface area (Å²) < 4.78 is 5.64. The van der Waals surface area contributed by atoms with Gasteiger partial charge in [-0.3, -0.25) is 4.79 Å². The molecule has 1 aromatic rings. The van der Waals surface area contributed by atoms with E-state index in [0.717, 1.165) is 11.4 Å². The average molecular weight is 217 g/mol. The molecule has 0 saturated heterocycles. The van der Waals surface area contributed by atoms with Crippen LogP contribution in [0.1, 0.15) is 12.8 Å². The first kappa shape index (κ1) is 10.7. The lowest BCUT2D eigenvalue weighted by Crippen LogP contribution is -2.37. The van der Waals surface area contributed by atoms with Crippen molar-refractivity contribution in [1.82, 2.24) is 0 Å². The Bertz CT molecular complexity index is 401. The molecule has 0 amide bonds. The summed E-state index contributed by atoms with van der Waals surface area (Å²) in [6.07, 6.45) is 2.59. The van der Waals surface area contributed by atoms with Crippen molar-refractivity contribution in [2.75, 3.05) is 11.9 Å². The lowest BCUT2D eigenvalue weighted by atomic mass is 10.1. The number of fused-ring (bicyclic) bond motifs is 1. The second kappa shape index (κ2) is 4.84. The van der Waals surface area contributed by atoms with Gasteiger partial charge in [-0.25, -0.2) is 0 Å². The molecule has 16 heavy (non-hydrogen) atoms. The van der Waals surface area contributed by atoms with Gasteiger partial charge in [0.15, 0.2) is 11.9 Å². The number of allylic oxidation sites excluding steroid dienone is 1. The number of anilines is 1. The molecule has 3 nitrogen and oxygen atoms in total. The topological polar surface area (TPSA) is 38.3 Å². The van der Waals surface area contributed by atoms with Crippen LogP contribution in [-0.2, 0) is 4.79 Å². The van der Waals surface area contributed by atoms with Crippen LogP contribution in [0.4, 0.5) is 5.69 Å². The molecule has 1 atom stereocenters. The minimum Gasteiger partial charge on any atom is -0.479 e. The van der Waals surface area contributed by atoms with Gasteiger partial charge >= 0.3 is 0 Å². The molecule has 2 rings (SSSR count). The number of Topliss-reactive ketones (excluding diaryl/α,β-unsaturated/α-hetero) is 1. The van der Waals surface area contributed by atoms with Crippen LogP contribution in [0.25, 0.3) is 0 Å². The summed E-state index contributed by atoms with van der Waals surface area (Å²) in [5.74, 6) is 0.882. The molecule has 1 unspecified atom stereocenters. The predicted octanol–water partition coefficient (Wildman–Crippen LogP) is 2.39. The summed E-state index contributed by atoms with van der Waals surface area (Å²) in [5.41, 5.74) is 0.954. The third kappa shape index (κ3) is 2.24. The normalized spacial score (nSPS) is 17.9. The van der Waals surface area contributed by atoms with E-state index >= 15 is 0 Å². The highest BCUT2D eigenvalue weighted by Crippen LogP contribution is 2.28. The molecule has 0 fully saturated rings. The first-order valence-corrected chi connectivity index (χ1v) is 5.44. The molecule has 0 radical (unpaired) electrons. The second-order valence-corrected chi connectivity index (χ2v) is 3.78. The van der Waals surface area contributed by atoms with Gasteiger partial charge in [-0.15, -0.1) is 6.58 Å². The van der Waals surface area contributed by atoms with Crippen LogP contribution in [-0.4, -0.2) is 18.4 Å². The number of rotatable bonds is 4. The summed E-state index contributed by atoms with van der Waals surface area (Å²) in [7, 11) is 0. The van der Waals surface area contributed by atoms with Gasteiger partial charge in [0.05, 0.1) is 12.2 Å². The maximum atomic E-state index is 11.8. The first-order chi connectivity index (χ1) is 7.81. The van der Waals surface area contributed by atoms with E-state index in [9.17, 15) is 4.79 Å². The Kier molecular flexibility index (Phi) is 3.25. The summed E-state index contributed by atoms with van der Waals surface area (Å²) in [6.45, 7) is 4.15. The van der Waals surface area contributed by atoms with Gasteiger partial charge in [-0.1, -0.05) is 18.2 Å². The van der Waals surface area contributed by atoms with Crippen LogP contribution in [0.2, 0.25) is 0 Å². The zero-order valence-electron chi connectivity index (χ0n) is 9.11. The van der Waals surface area contributed by atoms with Crippen LogP contribution in [0.5, 0.6) is 5.75 Å². The Morgan fingerprint density at radius 3 is 3.19 bits per heavy atom. The maximum absolute atomic E-state index is 11.8. The predicted molar refractivity (Wildman–Crippen MR) is 63.8 cm³/mol. The molecule has 0 saturated carbocycles. The Balaban J connectivity index is 2.02. The van der Waals surface area contributed by atoms with Crippen molar-refractivity contribution in [2.45, 2.75) is 18.9 Å². The minimum atomic E-state index is -0.366. The third-order valence-electron chi connectivity index (χ3n) is 2.59. The molecular formula is C13H15NO2. The number of ketones is 1. The molecule has 0 aliphatic carbocycles. The molecule has 84 valence electrons. The van der Waals surface area contributed by atoms with E-state index in [4.69, 9.17) is 4.74 Å². The number of benzene rings is 1. The van der Waals surface area contributed by atoms with Gasteiger partial charge in [0.25, 0.3) is 0 Å². The largest absolute Gasteiger partial charge is 0.479 e. The summed E-state index contributed by atoms with van der Waals surface area (Å²) in [6, 6.07) is 7.65. The van der Waals surface area contributed by atoms with E-state index in [-0.39, 0.29) is 11.9 Å². The Morgan fingerprint density at radius 2 is 2.38 bits per heavy atom. The van der Waals surface area contributed by atoms with Gasteiger partial charge in [0, 0.05) is 6.42 Å². The van der Waals surface area contributed by atoms with Crippen LogP contribution in [0, 0.1) is 0 Å². The number of carbonyl (C=O) groups is 1. The lowest BCUT2D eigenvalue weighted by molar-refractivity contribution is -0.125. The third-order valence-corrected chi connectivity index (χ3v) is 2.59. The molecular weight excluding hydrogens is 202 g/mol. The van der Waals surface area contributed by atoms with Crippen LogP contribution in [0.15, 0.2) is 36.9 Å². The van der Waals surface area contributed by atoms with E-state index in [1.54, 1.807) is 6.08 Å². The molecule has 1 aromatic carbocycles. The highest BCUT2D eigenvalue weighted by Gasteiger charge is 2.24. The second-order valence-electron chi connectivity index (χ2n) is 3.78. The lowest BCUT2D eigenvalue weighted by Gasteiger charge is -2.26. The number of para-hydroxylation sites is 2. The molecule has 0 aromatic heterocycles. The van der Waals surface area contributed by atoms with Gasteiger partial charge < -0.3 is 10.1 Å². The first-order valence-electron chi connectivity index (χ1n) is 5.44. The van der Waals surface area contributed by atoms with Gasteiger partial charge in [0.1, 0.15) is 5.75 Å². The monoisotopic (exact) mass is 217 g/mol. The highest BCUT2D eigenvalue weighted by atomic mass is 16.5. The van der Waals surface area contributed by atoms with Crippen molar-refractivity contribution in [1.29, 1.82) is 0 Å². The van der Waals surface area contributed by atoms with Crippen LogP contribution in [0.3, 0.4) is 0 Å². The fourth-order valence-corrected chi connectivity index (χ4v) is 1.70. The molecule has 3 heteroatoms. The zero-order chi connectivity index (χ0) is 11.4. The quantitative estimate of drug-likeness (QED) is 0.787. The van der Waals surface area contributed by atoms with Crippen LogP contribution < -0.4 is 10.1 Å². The molecule has 0 bridgehead atoms. The van der Waals surface area contributed by atoms with E-state index in [0.29, 0.717) is 19.4 Å². The standard InChI is InChI=1S/C13H15NO2/c1-2-3-7-11(15)13-9-14-10-6-4-5-8-12(10)16-13/h2,4-6,8,13-14H,1,3,7,9H2. The van der Waals surface area contributed by atoms with E-state index in [1.165, 1.54) is 0 Å². The number of carbonyl (C=O) groups excluding carboxylic acids is 1. The SMILES string of the molecule is C=CCCC(=O)C1CNc2ccccc2O1. The summed E-state index contributed by atoms with van der Waals surface area (Å²) in [4.78, 5) is 11.8. The number of ether oxygens (including phenoxy) is 1. The smallest absolute Gasteiger partial charge is 0.175 e. The summed E-state index contributed by atoms with van der Waals surface area (Å²) in [5, 5.41) is 3.20. The van der Waals surface area contributed by atoms with E-state index in [1.807, 2.05) is 24.3 Å². The van der Waals surface area contributed by atoms with Gasteiger partial charge in [-0.2, -0.15) is 0 Å². The number of hydrogen-bond donors (Lipinski definition) is 1. The fourth-order valence-electron chi connectivity index (χ4n) is 1.70. The van der Waals surface area contributed by atoms with Crippen molar-refractivity contribution in [3.63, 3.8) is 0 Å². The highest BCUT2D eigenvalue weighted by molar-refractivity contribution is 5.85. The number of nitrogens with one attached hydrogen (secondary N) is 1. The van der Waals surface area contributed by atoms with Crippen molar-refractivity contribution in [3.05, 3.63) is 36.9 Å². The minimum absolute atomic E-state index is 0.127. The van der Waals surface area contributed by atoms with Crippen molar-refractivity contribution in [3.8, 4) is 5.75 Å². The van der Waals surface area contributed by atoms with Crippen molar-refractivity contribution < 1.29 is 9.53 Å². The Labute approximate surface area is 95.1 Å².